The van der Waals surface area contributed by atoms with Crippen LogP contribution in [0.5, 0.6) is 0 Å². The topological polar surface area (TPSA) is 12.0 Å². The lowest BCUT2D eigenvalue weighted by Crippen LogP contribution is -2.37. The maximum absolute atomic E-state index is 14.1. The van der Waals surface area contributed by atoms with E-state index >= 15 is 0 Å². The Morgan fingerprint density at radius 3 is 2.20 bits per heavy atom. The van der Waals surface area contributed by atoms with Crippen LogP contribution >= 0.6 is 0 Å². The summed E-state index contributed by atoms with van der Waals surface area (Å²) in [4.78, 5) is 0. The Hall–Kier alpha value is -1.03. The molecule has 1 aliphatic carbocycles. The van der Waals surface area contributed by atoms with Crippen molar-refractivity contribution < 1.29 is 13.2 Å². The Balaban J connectivity index is 2.45. The van der Waals surface area contributed by atoms with Gasteiger partial charge in [0, 0.05) is 17.7 Å². The zero-order chi connectivity index (χ0) is 14.8. The van der Waals surface area contributed by atoms with Crippen molar-refractivity contribution >= 4 is 0 Å². The molecule has 2 rings (SSSR count). The minimum Gasteiger partial charge on any atom is -0.310 e. The SMILES string of the molecule is CCNC(c1cc(F)c(F)cc1F)C1(CC)CCCC1. The minimum atomic E-state index is -1.13. The van der Waals surface area contributed by atoms with Gasteiger partial charge < -0.3 is 5.32 Å². The first-order valence-electron chi connectivity index (χ1n) is 7.42. The van der Waals surface area contributed by atoms with Crippen LogP contribution < -0.4 is 5.32 Å². The van der Waals surface area contributed by atoms with Gasteiger partial charge in [-0.05, 0) is 37.3 Å². The summed E-state index contributed by atoms with van der Waals surface area (Å²) in [6.45, 7) is 4.71. The highest BCUT2D eigenvalue weighted by atomic mass is 19.2. The van der Waals surface area contributed by atoms with Gasteiger partial charge in [0.1, 0.15) is 5.82 Å². The number of hydrogen-bond donors (Lipinski definition) is 1. The molecule has 4 heteroatoms. The maximum atomic E-state index is 14.1. The third-order valence-electron chi connectivity index (χ3n) is 4.67. The van der Waals surface area contributed by atoms with Crippen LogP contribution in [0.2, 0.25) is 0 Å². The molecule has 1 nitrogen and oxygen atoms in total. The highest BCUT2D eigenvalue weighted by Gasteiger charge is 2.41. The van der Waals surface area contributed by atoms with Crippen molar-refractivity contribution in [1.29, 1.82) is 0 Å². The molecule has 0 aliphatic heterocycles. The molecule has 1 unspecified atom stereocenters. The number of benzene rings is 1. The molecule has 1 aromatic rings. The summed E-state index contributed by atoms with van der Waals surface area (Å²) < 4.78 is 40.8. The fourth-order valence-corrected chi connectivity index (χ4v) is 3.55. The Kier molecular flexibility index (Phi) is 4.74. The molecule has 0 amide bonds. The van der Waals surface area contributed by atoms with E-state index in [0.717, 1.165) is 38.2 Å². The summed E-state index contributed by atoms with van der Waals surface area (Å²) >= 11 is 0. The summed E-state index contributed by atoms with van der Waals surface area (Å²) in [6.07, 6.45) is 5.13. The lowest BCUT2D eigenvalue weighted by Gasteiger charge is -2.38. The zero-order valence-corrected chi connectivity index (χ0v) is 12.1. The summed E-state index contributed by atoms with van der Waals surface area (Å²) in [6, 6.07) is 1.43. The molecule has 0 radical (unpaired) electrons. The number of halogens is 3. The molecule has 1 N–H and O–H groups in total. The van der Waals surface area contributed by atoms with Gasteiger partial charge in [-0.1, -0.05) is 26.7 Å². The second-order valence-corrected chi connectivity index (χ2v) is 5.70. The van der Waals surface area contributed by atoms with Crippen LogP contribution in [0.1, 0.15) is 57.6 Å². The van der Waals surface area contributed by atoms with Crippen molar-refractivity contribution in [3.05, 3.63) is 35.1 Å². The van der Waals surface area contributed by atoms with E-state index in [0.29, 0.717) is 12.6 Å². The largest absolute Gasteiger partial charge is 0.310 e. The maximum Gasteiger partial charge on any atom is 0.161 e. The van der Waals surface area contributed by atoms with Gasteiger partial charge in [-0.15, -0.1) is 0 Å². The third-order valence-corrected chi connectivity index (χ3v) is 4.67. The first-order valence-corrected chi connectivity index (χ1v) is 7.42. The fraction of sp³-hybridized carbons (Fsp3) is 0.625. The standard InChI is InChI=1S/C16H22F3N/c1-3-16(7-5-6-8-16)15(20-4-2)11-9-13(18)14(19)10-12(11)17/h9-10,15,20H,3-8H2,1-2H3. The Morgan fingerprint density at radius 2 is 1.65 bits per heavy atom. The first-order chi connectivity index (χ1) is 9.54. The van der Waals surface area contributed by atoms with Gasteiger partial charge in [0.2, 0.25) is 0 Å². The van der Waals surface area contributed by atoms with Crippen LogP contribution in [0.15, 0.2) is 12.1 Å². The first kappa shape index (κ1) is 15.4. The molecule has 0 bridgehead atoms. The molecule has 20 heavy (non-hydrogen) atoms. The molecule has 0 heterocycles. The van der Waals surface area contributed by atoms with Gasteiger partial charge >= 0.3 is 0 Å². The highest BCUT2D eigenvalue weighted by molar-refractivity contribution is 5.26. The molecule has 0 saturated heterocycles. The Labute approximate surface area is 118 Å². The summed E-state index contributed by atoms with van der Waals surface area (Å²) in [5, 5.41) is 3.29. The monoisotopic (exact) mass is 285 g/mol. The van der Waals surface area contributed by atoms with Gasteiger partial charge in [-0.3, -0.25) is 0 Å². The normalized spacial score (nSPS) is 19.2. The number of hydrogen-bond acceptors (Lipinski definition) is 1. The Bertz CT molecular complexity index is 467. The molecule has 1 fully saturated rings. The van der Waals surface area contributed by atoms with E-state index in [1.165, 1.54) is 0 Å². The van der Waals surface area contributed by atoms with Gasteiger partial charge in [0.15, 0.2) is 11.6 Å². The summed E-state index contributed by atoms with van der Waals surface area (Å²) in [5.74, 6) is -2.76. The van der Waals surface area contributed by atoms with Crippen LogP contribution in [-0.4, -0.2) is 6.54 Å². The van der Waals surface area contributed by atoms with Gasteiger partial charge in [-0.2, -0.15) is 0 Å². The van der Waals surface area contributed by atoms with Gasteiger partial charge in [-0.25, -0.2) is 13.2 Å². The second kappa shape index (κ2) is 6.17. The van der Waals surface area contributed by atoms with Crippen molar-refractivity contribution in [1.82, 2.24) is 5.32 Å². The number of rotatable bonds is 5. The molecule has 112 valence electrons. The van der Waals surface area contributed by atoms with E-state index in [-0.39, 0.29) is 17.0 Å². The highest BCUT2D eigenvalue weighted by Crippen LogP contribution is 2.50. The van der Waals surface area contributed by atoms with Crippen molar-refractivity contribution in [3.8, 4) is 0 Å². The quantitative estimate of drug-likeness (QED) is 0.771. The molecule has 1 atom stereocenters. The lowest BCUT2D eigenvalue weighted by atomic mass is 9.73. The molecule has 0 spiro atoms. The van der Waals surface area contributed by atoms with Crippen molar-refractivity contribution in [2.45, 2.75) is 52.0 Å². The van der Waals surface area contributed by atoms with Crippen LogP contribution in [0.4, 0.5) is 13.2 Å². The van der Waals surface area contributed by atoms with Crippen LogP contribution in [0.3, 0.4) is 0 Å². The molecule has 1 saturated carbocycles. The predicted octanol–water partition coefficient (Wildman–Crippen LogP) is 4.72. The van der Waals surface area contributed by atoms with E-state index in [9.17, 15) is 13.2 Å². The average molecular weight is 285 g/mol. The smallest absolute Gasteiger partial charge is 0.161 e. The predicted molar refractivity (Wildman–Crippen MR) is 73.9 cm³/mol. The van der Waals surface area contributed by atoms with Crippen molar-refractivity contribution in [3.63, 3.8) is 0 Å². The van der Waals surface area contributed by atoms with E-state index in [1.54, 1.807) is 0 Å². The molecule has 0 aromatic heterocycles. The van der Waals surface area contributed by atoms with E-state index in [4.69, 9.17) is 0 Å². The molecule has 1 aromatic carbocycles. The van der Waals surface area contributed by atoms with Crippen LogP contribution in [0, 0.1) is 22.9 Å². The van der Waals surface area contributed by atoms with Gasteiger partial charge in [0.25, 0.3) is 0 Å². The van der Waals surface area contributed by atoms with Crippen LogP contribution in [-0.2, 0) is 0 Å². The summed E-state index contributed by atoms with van der Waals surface area (Å²) in [5.41, 5.74) is 0.204. The third kappa shape index (κ3) is 2.71. The Morgan fingerprint density at radius 1 is 1.05 bits per heavy atom. The lowest BCUT2D eigenvalue weighted by molar-refractivity contribution is 0.184. The zero-order valence-electron chi connectivity index (χ0n) is 12.1. The minimum absolute atomic E-state index is 0.0544. The fourth-order valence-electron chi connectivity index (χ4n) is 3.55. The van der Waals surface area contributed by atoms with Gasteiger partial charge in [0.05, 0.1) is 0 Å². The number of nitrogens with one attached hydrogen (secondary N) is 1. The van der Waals surface area contributed by atoms with Crippen LogP contribution in [0.25, 0.3) is 0 Å². The second-order valence-electron chi connectivity index (χ2n) is 5.70. The molecular weight excluding hydrogens is 263 g/mol. The molecular formula is C16H22F3N. The molecule has 1 aliphatic rings. The van der Waals surface area contributed by atoms with E-state index in [2.05, 4.69) is 12.2 Å². The van der Waals surface area contributed by atoms with E-state index in [1.807, 2.05) is 6.92 Å². The average Bonchev–Trinajstić information content (AvgIpc) is 2.90. The summed E-state index contributed by atoms with van der Waals surface area (Å²) in [7, 11) is 0. The van der Waals surface area contributed by atoms with Crippen molar-refractivity contribution in [2.75, 3.05) is 6.54 Å². The van der Waals surface area contributed by atoms with E-state index < -0.39 is 17.5 Å². The van der Waals surface area contributed by atoms with Crippen molar-refractivity contribution in [2.24, 2.45) is 5.41 Å².